The van der Waals surface area contributed by atoms with Crippen LogP contribution in [0.2, 0.25) is 0 Å². The highest BCUT2D eigenvalue weighted by molar-refractivity contribution is 7.90. The molecule has 0 aliphatic carbocycles. The molecule has 0 aromatic heterocycles. The van der Waals surface area contributed by atoms with Gasteiger partial charge in [-0.15, -0.1) is 6.58 Å². The smallest absolute Gasteiger partial charge is 0.270 e. The minimum absolute atomic E-state index is 0.278. The van der Waals surface area contributed by atoms with E-state index in [-0.39, 0.29) is 5.75 Å². The predicted octanol–water partition coefficient (Wildman–Crippen LogP) is 0.838. The average Bonchev–Trinajstić information content (AvgIpc) is 2.16. The molecule has 0 fully saturated rings. The fourth-order valence-corrected chi connectivity index (χ4v) is 1.91. The lowest BCUT2D eigenvalue weighted by Crippen LogP contribution is -2.47. The van der Waals surface area contributed by atoms with E-state index in [1.54, 1.807) is 12.1 Å². The maximum Gasteiger partial charge on any atom is 0.342 e. The van der Waals surface area contributed by atoms with Crippen molar-refractivity contribution in [3.8, 4) is 0 Å². The molecule has 0 aliphatic rings. The average molecular weight is 263 g/mol. The zero-order valence-corrected chi connectivity index (χ0v) is 11.2. The molecule has 0 rings (SSSR count). The minimum atomic E-state index is -3.61. The number of hydrogen-bond acceptors (Lipinski definition) is 4. The van der Waals surface area contributed by atoms with Gasteiger partial charge in [0.2, 0.25) is 10.0 Å². The van der Waals surface area contributed by atoms with Crippen LogP contribution in [0.3, 0.4) is 0 Å². The molecule has 0 aliphatic heterocycles. The van der Waals surface area contributed by atoms with E-state index in [9.17, 15) is 13.2 Å². The number of carbonyl (C=O) groups is 1. The maximum atomic E-state index is 11.3. The van der Waals surface area contributed by atoms with Crippen LogP contribution in [0.1, 0.15) is 26.2 Å². The molecule has 0 radical (unpaired) electrons. The monoisotopic (exact) mass is 263 g/mol. The van der Waals surface area contributed by atoms with Crippen LogP contribution in [0.5, 0.6) is 0 Å². The first-order valence-electron chi connectivity index (χ1n) is 5.54. The number of nitrogens with zero attached hydrogens (tertiary/aromatic N) is 1. The fraction of sp³-hybridized carbons (Fsp3) is 0.700. The lowest BCUT2D eigenvalue weighted by Gasteiger charge is -2.17. The zero-order chi connectivity index (χ0) is 13.3. The first-order valence-corrected chi connectivity index (χ1v) is 7.19. The van der Waals surface area contributed by atoms with Gasteiger partial charge in [-0.1, -0.05) is 25.8 Å². The molecular weight excluding hydrogens is 242 g/mol. The van der Waals surface area contributed by atoms with Crippen molar-refractivity contribution in [2.75, 3.05) is 19.3 Å². The third-order valence-corrected chi connectivity index (χ3v) is 3.15. The largest absolute Gasteiger partial charge is 0.342 e. The van der Waals surface area contributed by atoms with E-state index in [2.05, 4.69) is 18.9 Å². The number of nitrogens with one attached hydrogen (secondary N) is 2. The molecular formula is C10H21N3O3S. The predicted molar refractivity (Wildman–Crippen MR) is 67.8 cm³/mol. The number of carbonyl (C=O) groups excluding carboxylic acids is 1. The van der Waals surface area contributed by atoms with E-state index in [0.29, 0.717) is 6.54 Å². The van der Waals surface area contributed by atoms with Gasteiger partial charge in [0.1, 0.15) is 0 Å². The lowest BCUT2D eigenvalue weighted by molar-refractivity contribution is 0.201. The third-order valence-electron chi connectivity index (χ3n) is 1.97. The maximum absolute atomic E-state index is 11.3. The molecule has 100 valence electrons. The van der Waals surface area contributed by atoms with E-state index < -0.39 is 16.1 Å². The van der Waals surface area contributed by atoms with E-state index in [1.807, 2.05) is 4.72 Å². The van der Waals surface area contributed by atoms with Crippen molar-refractivity contribution in [2.45, 2.75) is 26.2 Å². The van der Waals surface area contributed by atoms with Crippen molar-refractivity contribution < 1.29 is 13.2 Å². The van der Waals surface area contributed by atoms with E-state index >= 15 is 0 Å². The topological polar surface area (TPSA) is 78.5 Å². The molecule has 0 atom stereocenters. The Kier molecular flexibility index (Phi) is 7.56. The summed E-state index contributed by atoms with van der Waals surface area (Å²) in [5.41, 5.74) is 2.42. The van der Waals surface area contributed by atoms with Crippen LogP contribution in [-0.4, -0.2) is 38.8 Å². The second-order valence-corrected chi connectivity index (χ2v) is 5.51. The quantitative estimate of drug-likeness (QED) is 0.386. The van der Waals surface area contributed by atoms with Crippen LogP contribution in [0, 0.1) is 0 Å². The summed E-state index contributed by atoms with van der Waals surface area (Å²) in [5.74, 6) is -0.278. The first-order chi connectivity index (χ1) is 7.91. The highest BCUT2D eigenvalue weighted by Gasteiger charge is 2.13. The van der Waals surface area contributed by atoms with Crippen LogP contribution in [0.15, 0.2) is 12.7 Å². The first kappa shape index (κ1) is 15.9. The summed E-state index contributed by atoms with van der Waals surface area (Å²) in [6.07, 6.45) is 4.34. The van der Waals surface area contributed by atoms with Crippen LogP contribution >= 0.6 is 0 Å². The van der Waals surface area contributed by atoms with Crippen LogP contribution in [0.25, 0.3) is 0 Å². The molecule has 0 aromatic rings. The normalized spacial score (nSPS) is 11.2. The molecule has 0 unspecified atom stereocenters. The van der Waals surface area contributed by atoms with Gasteiger partial charge < -0.3 is 0 Å². The Balaban J connectivity index is 3.97. The molecule has 6 nitrogen and oxygen atoms in total. The number of sulfonamides is 1. The van der Waals surface area contributed by atoms with Crippen molar-refractivity contribution in [3.63, 3.8) is 0 Å². The molecule has 0 spiro atoms. The SMILES string of the molecule is C=CCS(=O)(=O)NC(=O)NN(C)CCCCC. The molecule has 2 N–H and O–H groups in total. The standard InChI is InChI=1S/C10H21N3O3S/c1-4-6-7-8-13(3)11-10(14)12-17(15,16)9-5-2/h5H,2,4,6-9H2,1,3H3,(H2,11,12,14). The number of urea groups is 1. The van der Waals surface area contributed by atoms with Gasteiger partial charge in [-0.25, -0.2) is 22.9 Å². The lowest BCUT2D eigenvalue weighted by atomic mass is 10.2. The Hall–Kier alpha value is -1.08. The Morgan fingerprint density at radius 1 is 1.41 bits per heavy atom. The number of hydrazine groups is 1. The van der Waals surface area contributed by atoms with Gasteiger partial charge in [0.05, 0.1) is 5.75 Å². The molecule has 2 amide bonds. The van der Waals surface area contributed by atoms with Gasteiger partial charge in [0.15, 0.2) is 0 Å². The number of amides is 2. The molecule has 0 heterocycles. The van der Waals surface area contributed by atoms with Crippen molar-refractivity contribution in [2.24, 2.45) is 0 Å². The number of hydrogen-bond donors (Lipinski definition) is 2. The third kappa shape index (κ3) is 8.70. The highest BCUT2D eigenvalue weighted by atomic mass is 32.2. The zero-order valence-electron chi connectivity index (χ0n) is 10.4. The van der Waals surface area contributed by atoms with Crippen LogP contribution in [-0.2, 0) is 10.0 Å². The van der Waals surface area contributed by atoms with Gasteiger partial charge in [0.25, 0.3) is 0 Å². The fourth-order valence-electron chi connectivity index (χ4n) is 1.19. The van der Waals surface area contributed by atoms with Gasteiger partial charge in [-0.3, -0.25) is 5.43 Å². The summed E-state index contributed by atoms with van der Waals surface area (Å²) in [7, 11) is -1.92. The molecule has 7 heteroatoms. The summed E-state index contributed by atoms with van der Waals surface area (Å²) in [6, 6.07) is -0.745. The number of unbranched alkanes of at least 4 members (excludes halogenated alkanes) is 2. The molecule has 17 heavy (non-hydrogen) atoms. The summed E-state index contributed by atoms with van der Waals surface area (Å²) < 4.78 is 24.3. The molecule has 0 aromatic carbocycles. The van der Waals surface area contributed by atoms with Gasteiger partial charge in [-0.2, -0.15) is 0 Å². The van der Waals surface area contributed by atoms with E-state index in [1.165, 1.54) is 6.08 Å². The molecule has 0 bridgehead atoms. The summed E-state index contributed by atoms with van der Waals surface area (Å²) in [5, 5.41) is 1.56. The van der Waals surface area contributed by atoms with Gasteiger partial charge in [-0.05, 0) is 6.42 Å². The van der Waals surface area contributed by atoms with Crippen molar-refractivity contribution >= 4 is 16.1 Å². The second-order valence-electron chi connectivity index (χ2n) is 3.74. The summed E-state index contributed by atoms with van der Waals surface area (Å²) in [4.78, 5) is 11.3. The number of rotatable bonds is 8. The van der Waals surface area contributed by atoms with Gasteiger partial charge in [0, 0.05) is 13.6 Å². The van der Waals surface area contributed by atoms with Crippen LogP contribution in [0.4, 0.5) is 4.79 Å². The van der Waals surface area contributed by atoms with E-state index in [0.717, 1.165) is 19.3 Å². The van der Waals surface area contributed by atoms with Crippen molar-refractivity contribution in [1.82, 2.24) is 15.2 Å². The Labute approximate surface area is 103 Å². The van der Waals surface area contributed by atoms with Crippen molar-refractivity contribution in [1.29, 1.82) is 0 Å². The molecule has 0 saturated heterocycles. The Morgan fingerprint density at radius 3 is 2.59 bits per heavy atom. The summed E-state index contributed by atoms with van der Waals surface area (Å²) in [6.45, 7) is 6.07. The highest BCUT2D eigenvalue weighted by Crippen LogP contribution is 1.94. The van der Waals surface area contributed by atoms with Crippen LogP contribution < -0.4 is 10.1 Å². The molecule has 0 saturated carbocycles. The Bertz CT molecular complexity index is 341. The van der Waals surface area contributed by atoms with Crippen molar-refractivity contribution in [3.05, 3.63) is 12.7 Å². The second kappa shape index (κ2) is 8.08. The van der Waals surface area contributed by atoms with E-state index in [4.69, 9.17) is 0 Å². The summed E-state index contributed by atoms with van der Waals surface area (Å²) >= 11 is 0. The Morgan fingerprint density at radius 2 is 2.06 bits per heavy atom. The van der Waals surface area contributed by atoms with Gasteiger partial charge >= 0.3 is 6.03 Å². The minimum Gasteiger partial charge on any atom is -0.270 e.